The minimum absolute atomic E-state index is 0.0947. The fourth-order valence-electron chi connectivity index (χ4n) is 3.38. The lowest BCUT2D eigenvalue weighted by molar-refractivity contribution is 0.194. The van der Waals surface area contributed by atoms with Gasteiger partial charge in [0.1, 0.15) is 0 Å². The number of carbonyl (C=O) groups is 1. The number of amides is 2. The predicted octanol–water partition coefficient (Wildman–Crippen LogP) is 5.31. The molecule has 0 bridgehead atoms. The molecule has 6 heteroatoms. The molecule has 0 spiro atoms. The number of hydrogen-bond donors (Lipinski definition) is 2. The first-order valence-corrected chi connectivity index (χ1v) is 9.80. The topological polar surface area (TPSA) is 69.1 Å². The molecule has 2 N–H and O–H groups in total. The third kappa shape index (κ3) is 5.07. The van der Waals surface area contributed by atoms with Gasteiger partial charge < -0.3 is 15.6 Å². The lowest BCUT2D eigenvalue weighted by Gasteiger charge is -2.32. The van der Waals surface area contributed by atoms with E-state index in [1.807, 2.05) is 30.0 Å². The summed E-state index contributed by atoms with van der Waals surface area (Å²) in [6, 6.07) is 11.5. The van der Waals surface area contributed by atoms with Crippen LogP contribution < -0.4 is 5.32 Å². The van der Waals surface area contributed by atoms with E-state index in [0.29, 0.717) is 29.4 Å². The molecule has 1 aliphatic rings. The summed E-state index contributed by atoms with van der Waals surface area (Å²) in [4.78, 5) is 18.6. The number of aromatic nitrogens is 1. The third-order valence-electron chi connectivity index (χ3n) is 4.95. The maximum atomic E-state index is 12.5. The molecule has 1 saturated heterocycles. The standard InChI is InChI=1S/C21H25ClN4O/c1-2-3-19(23)20-9-8-18(14-24-20)25-21(27)26-12-10-16(11-13-26)15-4-6-17(22)7-5-15/h4-9,14,16,23H,2-3,10-13H2,1H3,(H,25,27). The SMILES string of the molecule is CCCC(=N)c1ccc(NC(=O)N2CCC(c3ccc(Cl)cc3)CC2)cn1. The van der Waals surface area contributed by atoms with E-state index in [1.165, 1.54) is 5.56 Å². The van der Waals surface area contributed by atoms with Crippen molar-refractivity contribution in [2.45, 2.75) is 38.5 Å². The molecule has 142 valence electrons. The van der Waals surface area contributed by atoms with Crippen LogP contribution in [-0.2, 0) is 0 Å². The number of pyridine rings is 1. The molecular weight excluding hydrogens is 360 g/mol. The molecule has 1 aromatic carbocycles. The van der Waals surface area contributed by atoms with E-state index in [1.54, 1.807) is 12.3 Å². The van der Waals surface area contributed by atoms with Crippen molar-refractivity contribution in [2.75, 3.05) is 18.4 Å². The highest BCUT2D eigenvalue weighted by Crippen LogP contribution is 2.29. The lowest BCUT2D eigenvalue weighted by atomic mass is 9.89. The normalized spacial score (nSPS) is 14.8. The van der Waals surface area contributed by atoms with E-state index in [4.69, 9.17) is 17.0 Å². The molecule has 0 radical (unpaired) electrons. The fourth-order valence-corrected chi connectivity index (χ4v) is 3.50. The Labute approximate surface area is 165 Å². The van der Waals surface area contributed by atoms with Crippen LogP contribution in [0.5, 0.6) is 0 Å². The van der Waals surface area contributed by atoms with E-state index in [-0.39, 0.29) is 6.03 Å². The zero-order valence-electron chi connectivity index (χ0n) is 15.5. The number of piperidine rings is 1. The molecule has 3 rings (SSSR count). The minimum atomic E-state index is -0.0947. The van der Waals surface area contributed by atoms with E-state index in [9.17, 15) is 4.79 Å². The van der Waals surface area contributed by atoms with Gasteiger partial charge in [-0.25, -0.2) is 4.79 Å². The summed E-state index contributed by atoms with van der Waals surface area (Å²) in [6.07, 6.45) is 5.14. The van der Waals surface area contributed by atoms with Crippen LogP contribution >= 0.6 is 11.6 Å². The van der Waals surface area contributed by atoms with Crippen molar-refractivity contribution in [3.63, 3.8) is 0 Å². The number of hydrogen-bond acceptors (Lipinski definition) is 3. The van der Waals surface area contributed by atoms with Gasteiger partial charge in [0.15, 0.2) is 0 Å². The molecule has 1 aromatic heterocycles. The molecule has 1 aliphatic heterocycles. The predicted molar refractivity (Wildman–Crippen MR) is 110 cm³/mol. The van der Waals surface area contributed by atoms with Gasteiger partial charge in [0, 0.05) is 18.1 Å². The molecule has 0 unspecified atom stereocenters. The van der Waals surface area contributed by atoms with Crippen LogP contribution in [0.4, 0.5) is 10.5 Å². The highest BCUT2D eigenvalue weighted by atomic mass is 35.5. The van der Waals surface area contributed by atoms with Crippen molar-refractivity contribution in [3.05, 3.63) is 58.9 Å². The van der Waals surface area contributed by atoms with Crippen molar-refractivity contribution in [2.24, 2.45) is 0 Å². The van der Waals surface area contributed by atoms with Crippen molar-refractivity contribution in [1.82, 2.24) is 9.88 Å². The number of likely N-dealkylation sites (tertiary alicyclic amines) is 1. The van der Waals surface area contributed by atoms with Gasteiger partial charge in [-0.15, -0.1) is 0 Å². The number of rotatable bonds is 5. The van der Waals surface area contributed by atoms with E-state index < -0.39 is 0 Å². The molecule has 1 fully saturated rings. The number of urea groups is 1. The molecule has 2 aromatic rings. The number of nitrogens with one attached hydrogen (secondary N) is 2. The number of anilines is 1. The molecule has 5 nitrogen and oxygen atoms in total. The summed E-state index contributed by atoms with van der Waals surface area (Å²) < 4.78 is 0. The third-order valence-corrected chi connectivity index (χ3v) is 5.20. The summed E-state index contributed by atoms with van der Waals surface area (Å²) in [5.74, 6) is 0.469. The largest absolute Gasteiger partial charge is 0.324 e. The number of benzene rings is 1. The number of halogens is 1. The maximum Gasteiger partial charge on any atom is 0.321 e. The van der Waals surface area contributed by atoms with E-state index in [2.05, 4.69) is 22.4 Å². The summed E-state index contributed by atoms with van der Waals surface area (Å²) in [5.41, 5.74) is 3.14. The van der Waals surface area contributed by atoms with Crippen molar-refractivity contribution >= 4 is 29.0 Å². The van der Waals surface area contributed by atoms with Gasteiger partial charge in [-0.2, -0.15) is 0 Å². The Kier molecular flexibility index (Phi) is 6.45. The van der Waals surface area contributed by atoms with Crippen molar-refractivity contribution in [3.8, 4) is 0 Å². The summed E-state index contributed by atoms with van der Waals surface area (Å²) >= 11 is 5.96. The first kappa shape index (κ1) is 19.4. The first-order chi connectivity index (χ1) is 13.1. The summed E-state index contributed by atoms with van der Waals surface area (Å²) in [7, 11) is 0. The highest BCUT2D eigenvalue weighted by Gasteiger charge is 2.23. The number of carbonyl (C=O) groups excluding carboxylic acids is 1. The van der Waals surface area contributed by atoms with E-state index in [0.717, 1.165) is 37.4 Å². The van der Waals surface area contributed by atoms with Crippen LogP contribution in [0.2, 0.25) is 5.02 Å². The summed E-state index contributed by atoms with van der Waals surface area (Å²) in [6.45, 7) is 3.50. The average molecular weight is 385 g/mol. The Bertz CT molecular complexity index is 781. The fraction of sp³-hybridized carbons (Fsp3) is 0.381. The Morgan fingerprint density at radius 2 is 1.93 bits per heavy atom. The second-order valence-electron chi connectivity index (χ2n) is 6.90. The Morgan fingerprint density at radius 1 is 1.22 bits per heavy atom. The maximum absolute atomic E-state index is 12.5. The van der Waals surface area contributed by atoms with E-state index >= 15 is 0 Å². The van der Waals surface area contributed by atoms with Crippen molar-refractivity contribution in [1.29, 1.82) is 5.41 Å². The lowest BCUT2D eigenvalue weighted by Crippen LogP contribution is -2.40. The van der Waals surface area contributed by atoms with Crippen LogP contribution in [0.25, 0.3) is 0 Å². The van der Waals surface area contributed by atoms with Crippen LogP contribution in [0, 0.1) is 5.41 Å². The van der Waals surface area contributed by atoms with Gasteiger partial charge in [0.25, 0.3) is 0 Å². The van der Waals surface area contributed by atoms with Crippen LogP contribution in [0.15, 0.2) is 42.6 Å². The Hall–Kier alpha value is -2.40. The zero-order chi connectivity index (χ0) is 19.2. The second-order valence-corrected chi connectivity index (χ2v) is 7.34. The van der Waals surface area contributed by atoms with Gasteiger partial charge >= 0.3 is 6.03 Å². The van der Waals surface area contributed by atoms with Crippen LogP contribution in [0.1, 0.15) is 49.8 Å². The number of nitrogens with zero attached hydrogens (tertiary/aromatic N) is 2. The van der Waals surface area contributed by atoms with Crippen molar-refractivity contribution < 1.29 is 4.79 Å². The quantitative estimate of drug-likeness (QED) is 0.685. The second kappa shape index (κ2) is 9.00. The van der Waals surface area contributed by atoms with Crippen LogP contribution in [-0.4, -0.2) is 34.7 Å². The Balaban J connectivity index is 1.52. The molecule has 2 amide bonds. The van der Waals surface area contributed by atoms with Gasteiger partial charge in [-0.3, -0.25) is 4.98 Å². The van der Waals surface area contributed by atoms with Gasteiger partial charge in [-0.1, -0.05) is 37.1 Å². The van der Waals surface area contributed by atoms with Gasteiger partial charge in [0.05, 0.1) is 23.3 Å². The van der Waals surface area contributed by atoms with Crippen LogP contribution in [0.3, 0.4) is 0 Å². The first-order valence-electron chi connectivity index (χ1n) is 9.42. The smallest absolute Gasteiger partial charge is 0.321 e. The molecule has 0 atom stereocenters. The molecule has 2 heterocycles. The average Bonchev–Trinajstić information content (AvgIpc) is 2.69. The van der Waals surface area contributed by atoms with Gasteiger partial charge in [-0.05, 0) is 55.0 Å². The molecule has 0 saturated carbocycles. The Morgan fingerprint density at radius 3 is 2.52 bits per heavy atom. The molecule has 27 heavy (non-hydrogen) atoms. The molecular formula is C21H25ClN4O. The van der Waals surface area contributed by atoms with Gasteiger partial charge in [0.2, 0.25) is 0 Å². The zero-order valence-corrected chi connectivity index (χ0v) is 16.3. The highest BCUT2D eigenvalue weighted by molar-refractivity contribution is 6.30. The summed E-state index contributed by atoms with van der Waals surface area (Å²) in [5, 5.41) is 11.6. The molecule has 0 aliphatic carbocycles. The minimum Gasteiger partial charge on any atom is -0.324 e. The monoisotopic (exact) mass is 384 g/mol.